The third kappa shape index (κ3) is 4.43. The van der Waals surface area contributed by atoms with Crippen LogP contribution in [0.1, 0.15) is 32.6 Å². The van der Waals surface area contributed by atoms with Crippen molar-refractivity contribution in [3.63, 3.8) is 0 Å². The highest BCUT2D eigenvalue weighted by Crippen LogP contribution is 2.29. The minimum atomic E-state index is 0.125. The Kier molecular flexibility index (Phi) is 6.10. The summed E-state index contributed by atoms with van der Waals surface area (Å²) in [5.74, 6) is 1.32. The Balaban J connectivity index is 2.16. The molecule has 3 nitrogen and oxygen atoms in total. The first-order chi connectivity index (χ1) is 7.27. The average Bonchev–Trinajstić information content (AvgIpc) is 2.66. The highest BCUT2D eigenvalue weighted by Gasteiger charge is 2.26. The van der Waals surface area contributed by atoms with Crippen molar-refractivity contribution < 1.29 is 4.79 Å². The summed E-state index contributed by atoms with van der Waals surface area (Å²) in [5.41, 5.74) is 0. The molecular formula is C11H22N2OS. The van der Waals surface area contributed by atoms with Gasteiger partial charge in [0.2, 0.25) is 5.91 Å². The fourth-order valence-corrected chi connectivity index (χ4v) is 3.30. The van der Waals surface area contributed by atoms with Gasteiger partial charge in [-0.2, -0.15) is 11.8 Å². The number of nitrogens with one attached hydrogen (secondary N) is 2. The molecule has 15 heavy (non-hydrogen) atoms. The van der Waals surface area contributed by atoms with Gasteiger partial charge in [0, 0.05) is 31.3 Å². The molecule has 0 radical (unpaired) electrons. The number of amides is 1. The predicted molar refractivity (Wildman–Crippen MR) is 66.2 cm³/mol. The molecule has 2 unspecified atom stereocenters. The van der Waals surface area contributed by atoms with E-state index in [4.69, 9.17) is 0 Å². The normalized spacial score (nSPS) is 25.5. The molecule has 0 saturated heterocycles. The molecule has 1 aliphatic carbocycles. The van der Waals surface area contributed by atoms with Crippen molar-refractivity contribution in [2.24, 2.45) is 0 Å². The van der Waals surface area contributed by atoms with Crippen molar-refractivity contribution in [2.75, 3.05) is 19.3 Å². The number of carbonyl (C=O) groups is 1. The third-order valence-electron chi connectivity index (χ3n) is 2.87. The van der Waals surface area contributed by atoms with Gasteiger partial charge in [0.05, 0.1) is 0 Å². The largest absolute Gasteiger partial charge is 0.359 e. The van der Waals surface area contributed by atoms with Crippen molar-refractivity contribution in [3.05, 3.63) is 0 Å². The summed E-state index contributed by atoms with van der Waals surface area (Å²) >= 11 is 2.05. The van der Waals surface area contributed by atoms with Crippen molar-refractivity contribution >= 4 is 17.7 Å². The molecule has 0 aromatic rings. The Labute approximate surface area is 96.8 Å². The van der Waals surface area contributed by atoms with Gasteiger partial charge < -0.3 is 10.6 Å². The average molecular weight is 230 g/mol. The van der Waals surface area contributed by atoms with Crippen LogP contribution >= 0.6 is 11.8 Å². The monoisotopic (exact) mass is 230 g/mol. The summed E-state index contributed by atoms with van der Waals surface area (Å²) in [7, 11) is 1.69. The summed E-state index contributed by atoms with van der Waals surface area (Å²) in [6.07, 6.45) is 4.52. The Morgan fingerprint density at radius 3 is 2.93 bits per heavy atom. The highest BCUT2D eigenvalue weighted by atomic mass is 32.2. The van der Waals surface area contributed by atoms with Gasteiger partial charge in [-0.3, -0.25) is 4.79 Å². The molecule has 1 saturated carbocycles. The molecule has 2 N–H and O–H groups in total. The second-order valence-corrected chi connectivity index (χ2v) is 5.42. The van der Waals surface area contributed by atoms with Crippen LogP contribution in [0.25, 0.3) is 0 Å². The van der Waals surface area contributed by atoms with E-state index in [1.165, 1.54) is 25.0 Å². The summed E-state index contributed by atoms with van der Waals surface area (Å²) in [6.45, 7) is 3.02. The van der Waals surface area contributed by atoms with Gasteiger partial charge in [-0.05, 0) is 18.6 Å². The molecule has 1 amide bonds. The quantitative estimate of drug-likeness (QED) is 0.724. The summed E-state index contributed by atoms with van der Waals surface area (Å²) in [5, 5.41) is 6.91. The van der Waals surface area contributed by atoms with Crippen LogP contribution in [0, 0.1) is 0 Å². The van der Waals surface area contributed by atoms with E-state index in [1.807, 2.05) is 11.8 Å². The van der Waals surface area contributed by atoms with E-state index in [-0.39, 0.29) is 5.91 Å². The van der Waals surface area contributed by atoms with Crippen LogP contribution in [-0.4, -0.2) is 36.5 Å². The molecule has 0 aromatic heterocycles. The number of thioether (sulfide) groups is 1. The Bertz CT molecular complexity index is 199. The van der Waals surface area contributed by atoms with E-state index >= 15 is 0 Å². The first-order valence-electron chi connectivity index (χ1n) is 5.83. The van der Waals surface area contributed by atoms with Crippen LogP contribution in [0.5, 0.6) is 0 Å². The lowest BCUT2D eigenvalue weighted by Crippen LogP contribution is -2.36. The SMILES string of the molecule is CCSC1CCCC1NCCC(=O)NC. The molecular weight excluding hydrogens is 208 g/mol. The molecule has 1 fully saturated rings. The highest BCUT2D eigenvalue weighted by molar-refractivity contribution is 7.99. The molecule has 0 bridgehead atoms. The molecule has 0 aliphatic heterocycles. The Morgan fingerprint density at radius 2 is 2.27 bits per heavy atom. The molecule has 1 rings (SSSR count). The maximum atomic E-state index is 11.0. The summed E-state index contributed by atoms with van der Waals surface area (Å²) in [6, 6.07) is 0.625. The van der Waals surface area contributed by atoms with Crippen molar-refractivity contribution in [3.8, 4) is 0 Å². The van der Waals surface area contributed by atoms with Gasteiger partial charge in [-0.15, -0.1) is 0 Å². The van der Waals surface area contributed by atoms with Gasteiger partial charge in [0.25, 0.3) is 0 Å². The van der Waals surface area contributed by atoms with E-state index in [9.17, 15) is 4.79 Å². The molecule has 88 valence electrons. The van der Waals surface area contributed by atoms with Crippen LogP contribution in [-0.2, 0) is 4.79 Å². The molecule has 4 heteroatoms. The second kappa shape index (κ2) is 7.12. The van der Waals surface area contributed by atoms with Crippen LogP contribution in [0.2, 0.25) is 0 Å². The van der Waals surface area contributed by atoms with Crippen LogP contribution in [0.4, 0.5) is 0 Å². The lowest BCUT2D eigenvalue weighted by Gasteiger charge is -2.19. The van der Waals surface area contributed by atoms with E-state index in [0.29, 0.717) is 12.5 Å². The summed E-state index contributed by atoms with van der Waals surface area (Å²) in [4.78, 5) is 11.0. The number of rotatable bonds is 6. The van der Waals surface area contributed by atoms with Crippen LogP contribution in [0.15, 0.2) is 0 Å². The third-order valence-corrected chi connectivity index (χ3v) is 4.20. The first-order valence-corrected chi connectivity index (χ1v) is 6.88. The van der Waals surface area contributed by atoms with E-state index in [1.54, 1.807) is 7.05 Å². The van der Waals surface area contributed by atoms with Gasteiger partial charge in [-0.25, -0.2) is 0 Å². The molecule has 0 heterocycles. The zero-order valence-electron chi connectivity index (χ0n) is 9.71. The van der Waals surface area contributed by atoms with E-state index in [2.05, 4.69) is 17.6 Å². The molecule has 0 aromatic carbocycles. The van der Waals surface area contributed by atoms with E-state index in [0.717, 1.165) is 11.8 Å². The lowest BCUT2D eigenvalue weighted by atomic mass is 10.2. The lowest BCUT2D eigenvalue weighted by molar-refractivity contribution is -0.120. The Morgan fingerprint density at radius 1 is 1.47 bits per heavy atom. The minimum Gasteiger partial charge on any atom is -0.359 e. The molecule has 0 spiro atoms. The smallest absolute Gasteiger partial charge is 0.221 e. The maximum absolute atomic E-state index is 11.0. The van der Waals surface area contributed by atoms with Crippen LogP contribution in [0.3, 0.4) is 0 Å². The summed E-state index contributed by atoms with van der Waals surface area (Å²) < 4.78 is 0. The second-order valence-electron chi connectivity index (χ2n) is 3.91. The first kappa shape index (κ1) is 12.8. The van der Waals surface area contributed by atoms with Gasteiger partial charge in [0.15, 0.2) is 0 Å². The minimum absolute atomic E-state index is 0.125. The topological polar surface area (TPSA) is 41.1 Å². The standard InChI is InChI=1S/C11H22N2OS/c1-3-15-10-6-4-5-9(10)13-8-7-11(14)12-2/h9-10,13H,3-8H2,1-2H3,(H,12,14). The maximum Gasteiger partial charge on any atom is 0.221 e. The predicted octanol–water partition coefficient (Wildman–Crippen LogP) is 1.39. The van der Waals surface area contributed by atoms with Crippen molar-refractivity contribution in [1.29, 1.82) is 0 Å². The zero-order valence-corrected chi connectivity index (χ0v) is 10.5. The number of carbonyl (C=O) groups excluding carboxylic acids is 1. The fraction of sp³-hybridized carbons (Fsp3) is 0.909. The van der Waals surface area contributed by atoms with Crippen molar-refractivity contribution in [1.82, 2.24) is 10.6 Å². The number of hydrogen-bond acceptors (Lipinski definition) is 3. The number of hydrogen-bond donors (Lipinski definition) is 2. The van der Waals surface area contributed by atoms with Gasteiger partial charge >= 0.3 is 0 Å². The van der Waals surface area contributed by atoms with Gasteiger partial charge in [-0.1, -0.05) is 13.3 Å². The van der Waals surface area contributed by atoms with Gasteiger partial charge in [0.1, 0.15) is 0 Å². The zero-order chi connectivity index (χ0) is 11.1. The molecule has 2 atom stereocenters. The van der Waals surface area contributed by atoms with Crippen LogP contribution < -0.4 is 10.6 Å². The van der Waals surface area contributed by atoms with E-state index < -0.39 is 0 Å². The van der Waals surface area contributed by atoms with Crippen molar-refractivity contribution in [2.45, 2.75) is 43.9 Å². The Hall–Kier alpha value is -0.220. The molecule has 1 aliphatic rings. The fourth-order valence-electron chi connectivity index (χ4n) is 2.07.